The number of amides is 1. The van der Waals surface area contributed by atoms with E-state index in [1.165, 1.54) is 0 Å². The molecule has 0 radical (unpaired) electrons. The van der Waals surface area contributed by atoms with Gasteiger partial charge >= 0.3 is 0 Å². The minimum absolute atomic E-state index is 0.236. The van der Waals surface area contributed by atoms with Gasteiger partial charge in [-0.25, -0.2) is 0 Å². The number of carbonyl (C=O) groups excluding carboxylic acids is 1. The third kappa shape index (κ3) is 3.57. The van der Waals surface area contributed by atoms with Crippen LogP contribution in [0.4, 0.5) is 0 Å². The van der Waals surface area contributed by atoms with Crippen molar-refractivity contribution >= 4 is 17.7 Å². The highest BCUT2D eigenvalue weighted by molar-refractivity contribution is 8.01. The fourth-order valence-electron chi connectivity index (χ4n) is 3.10. The number of carbonyl (C=O) groups is 1. The number of pyridine rings is 1. The highest BCUT2D eigenvalue weighted by Gasteiger charge is 2.51. The summed E-state index contributed by atoms with van der Waals surface area (Å²) in [7, 11) is 0. The smallest absolute Gasteiger partial charge is 0.222 e. The summed E-state index contributed by atoms with van der Waals surface area (Å²) < 4.78 is 6.23. The van der Waals surface area contributed by atoms with Crippen LogP contribution < -0.4 is 4.74 Å². The molecule has 0 saturated carbocycles. The molecule has 0 bridgehead atoms. The Balaban J connectivity index is 1.45. The van der Waals surface area contributed by atoms with Crippen LogP contribution in [0.2, 0.25) is 0 Å². The monoisotopic (exact) mass is 320 g/mol. The second-order valence-electron chi connectivity index (χ2n) is 6.81. The second-order valence-corrected chi connectivity index (χ2v) is 8.30. The lowest BCUT2D eigenvalue weighted by atomic mass is 9.92. The summed E-state index contributed by atoms with van der Waals surface area (Å²) in [4.78, 5) is 18.2. The summed E-state index contributed by atoms with van der Waals surface area (Å²) in [6, 6.07) is 3.84. The van der Waals surface area contributed by atoms with Crippen molar-refractivity contribution in [2.75, 3.05) is 18.8 Å². The maximum atomic E-state index is 12.1. The van der Waals surface area contributed by atoms with E-state index in [1.54, 1.807) is 12.4 Å². The average molecular weight is 320 g/mol. The number of nitrogens with zero attached hydrogens (tertiary/aromatic N) is 2. The van der Waals surface area contributed by atoms with Crippen molar-refractivity contribution in [3.05, 3.63) is 24.5 Å². The van der Waals surface area contributed by atoms with Crippen molar-refractivity contribution in [2.45, 2.75) is 44.0 Å². The normalized spacial score (nSPS) is 22.9. The lowest BCUT2D eigenvalue weighted by molar-refractivity contribution is -0.136. The number of hydrogen-bond donors (Lipinski definition) is 0. The van der Waals surface area contributed by atoms with Gasteiger partial charge in [-0.2, -0.15) is 0 Å². The molecule has 2 aliphatic rings. The largest absolute Gasteiger partial charge is 0.488 e. The van der Waals surface area contributed by atoms with Gasteiger partial charge in [-0.15, -0.1) is 11.8 Å². The minimum Gasteiger partial charge on any atom is -0.488 e. The molecular formula is C17H24N2O2S. The molecule has 1 aromatic rings. The van der Waals surface area contributed by atoms with Crippen LogP contribution in [0.25, 0.3) is 0 Å². The zero-order chi connectivity index (χ0) is 15.6. The van der Waals surface area contributed by atoms with Crippen LogP contribution in [0.5, 0.6) is 5.75 Å². The van der Waals surface area contributed by atoms with Gasteiger partial charge in [-0.05, 0) is 24.5 Å². The Bertz CT molecular complexity index is 515. The van der Waals surface area contributed by atoms with E-state index in [-0.39, 0.29) is 10.9 Å². The van der Waals surface area contributed by atoms with E-state index in [1.807, 2.05) is 28.8 Å². The summed E-state index contributed by atoms with van der Waals surface area (Å²) >= 11 is 1.97. The molecule has 1 atom stereocenters. The van der Waals surface area contributed by atoms with E-state index >= 15 is 0 Å². The molecule has 2 aliphatic heterocycles. The van der Waals surface area contributed by atoms with Crippen molar-refractivity contribution < 1.29 is 9.53 Å². The Hall–Kier alpha value is -1.23. The molecule has 0 N–H and O–H groups in total. The van der Waals surface area contributed by atoms with Gasteiger partial charge in [0.05, 0.1) is 10.9 Å². The number of likely N-dealkylation sites (tertiary alicyclic amines) is 1. The summed E-state index contributed by atoms with van der Waals surface area (Å²) in [5, 5.41) is 0. The zero-order valence-electron chi connectivity index (χ0n) is 13.3. The maximum Gasteiger partial charge on any atom is 0.222 e. The first-order valence-electron chi connectivity index (χ1n) is 8.05. The predicted octanol–water partition coefficient (Wildman–Crippen LogP) is 2.98. The number of aromatic nitrogens is 1. The van der Waals surface area contributed by atoms with Gasteiger partial charge in [0.25, 0.3) is 0 Å². The molecule has 4 nitrogen and oxygen atoms in total. The van der Waals surface area contributed by atoms with Crippen LogP contribution in [0.1, 0.15) is 33.1 Å². The molecule has 0 aromatic carbocycles. The lowest BCUT2D eigenvalue weighted by Crippen LogP contribution is -2.60. The van der Waals surface area contributed by atoms with Crippen molar-refractivity contribution in [3.63, 3.8) is 0 Å². The minimum atomic E-state index is 0.236. The lowest BCUT2D eigenvalue weighted by Gasteiger charge is -2.47. The first-order chi connectivity index (χ1) is 10.6. The van der Waals surface area contributed by atoms with Gasteiger partial charge < -0.3 is 9.64 Å². The van der Waals surface area contributed by atoms with Gasteiger partial charge in [0.1, 0.15) is 11.9 Å². The summed E-state index contributed by atoms with van der Waals surface area (Å²) in [5.74, 6) is 2.76. The Morgan fingerprint density at radius 2 is 2.36 bits per heavy atom. The van der Waals surface area contributed by atoms with Gasteiger partial charge in [0, 0.05) is 37.9 Å². The summed E-state index contributed by atoms with van der Waals surface area (Å²) in [6.45, 7) is 6.11. The Morgan fingerprint density at radius 3 is 3.05 bits per heavy atom. The van der Waals surface area contributed by atoms with E-state index in [9.17, 15) is 4.79 Å². The summed E-state index contributed by atoms with van der Waals surface area (Å²) in [6.07, 6.45) is 6.46. The average Bonchev–Trinajstić information content (AvgIpc) is 2.88. The first-order valence-corrected chi connectivity index (χ1v) is 9.03. The van der Waals surface area contributed by atoms with Crippen LogP contribution in [-0.4, -0.2) is 45.5 Å². The molecule has 0 unspecified atom stereocenters. The molecular weight excluding hydrogens is 296 g/mol. The second kappa shape index (κ2) is 6.49. The first kappa shape index (κ1) is 15.7. The van der Waals surface area contributed by atoms with E-state index in [0.29, 0.717) is 18.2 Å². The SMILES string of the molecule is CC(C)CCC(=O)N1CC2(C[C@H](Oc3cccnc3)CS2)C1. The standard InChI is InChI=1S/C17H24N2O2S/c1-13(2)5-6-16(20)19-11-17(12-19)8-15(10-22-17)21-14-4-3-7-18-9-14/h3-4,7,9,13,15H,5-6,8,10-12H2,1-2H3/t15-/m0/s1. The van der Waals surface area contributed by atoms with E-state index < -0.39 is 0 Å². The van der Waals surface area contributed by atoms with E-state index in [4.69, 9.17) is 4.74 Å². The molecule has 1 amide bonds. The Morgan fingerprint density at radius 1 is 1.55 bits per heavy atom. The number of hydrogen-bond acceptors (Lipinski definition) is 4. The molecule has 1 aromatic heterocycles. The van der Waals surface area contributed by atoms with Gasteiger partial charge in [-0.1, -0.05) is 13.8 Å². The fraction of sp³-hybridized carbons (Fsp3) is 0.647. The molecule has 22 heavy (non-hydrogen) atoms. The molecule has 3 heterocycles. The van der Waals surface area contributed by atoms with Crippen LogP contribution in [0, 0.1) is 5.92 Å². The zero-order valence-corrected chi connectivity index (χ0v) is 14.1. The van der Waals surface area contributed by atoms with Gasteiger partial charge in [0.15, 0.2) is 0 Å². The quantitative estimate of drug-likeness (QED) is 0.836. The van der Waals surface area contributed by atoms with Crippen molar-refractivity contribution in [1.29, 1.82) is 0 Å². The summed E-state index contributed by atoms with van der Waals surface area (Å²) in [5.41, 5.74) is 0. The van der Waals surface area contributed by atoms with Gasteiger partial charge in [0.2, 0.25) is 5.91 Å². The van der Waals surface area contributed by atoms with Crippen molar-refractivity contribution in [3.8, 4) is 5.75 Å². The van der Waals surface area contributed by atoms with Gasteiger partial charge in [-0.3, -0.25) is 9.78 Å². The molecule has 3 rings (SSSR count). The van der Waals surface area contributed by atoms with E-state index in [2.05, 4.69) is 18.8 Å². The molecule has 1 spiro atoms. The third-order valence-electron chi connectivity index (χ3n) is 4.36. The topological polar surface area (TPSA) is 42.4 Å². The van der Waals surface area contributed by atoms with E-state index in [0.717, 1.165) is 37.4 Å². The van der Waals surface area contributed by atoms with Crippen molar-refractivity contribution in [1.82, 2.24) is 9.88 Å². The number of thioether (sulfide) groups is 1. The molecule has 120 valence electrons. The number of rotatable bonds is 5. The Kier molecular flexibility index (Phi) is 4.62. The molecule has 2 saturated heterocycles. The molecule has 5 heteroatoms. The Labute approximate surface area is 136 Å². The highest BCUT2D eigenvalue weighted by Crippen LogP contribution is 2.46. The molecule has 0 aliphatic carbocycles. The maximum absolute atomic E-state index is 12.1. The third-order valence-corrected chi connectivity index (χ3v) is 5.93. The van der Waals surface area contributed by atoms with Crippen LogP contribution in [0.3, 0.4) is 0 Å². The predicted molar refractivity (Wildman–Crippen MR) is 89.1 cm³/mol. The molecule has 2 fully saturated rings. The highest BCUT2D eigenvalue weighted by atomic mass is 32.2. The van der Waals surface area contributed by atoms with Crippen LogP contribution in [-0.2, 0) is 4.79 Å². The van der Waals surface area contributed by atoms with Crippen molar-refractivity contribution in [2.24, 2.45) is 5.92 Å². The van der Waals surface area contributed by atoms with Crippen LogP contribution in [0.15, 0.2) is 24.5 Å². The van der Waals surface area contributed by atoms with Crippen LogP contribution >= 0.6 is 11.8 Å². The number of ether oxygens (including phenoxy) is 1. The fourth-order valence-corrected chi connectivity index (χ4v) is 4.63.